The molecule has 0 spiro atoms. The van der Waals surface area contributed by atoms with Gasteiger partial charge in [0.05, 0.1) is 23.5 Å². The molecule has 1 aliphatic carbocycles. The zero-order valence-electron chi connectivity index (χ0n) is 16.7. The number of fused-ring (bicyclic) bond motifs is 1. The van der Waals surface area contributed by atoms with E-state index >= 15 is 0 Å². The molecule has 0 bridgehead atoms. The number of carbonyl (C=O) groups excluding carboxylic acids is 1. The molecule has 4 rings (SSSR count). The first-order chi connectivity index (χ1) is 13.5. The molecule has 7 nitrogen and oxygen atoms in total. The number of aryl methyl sites for hydroxylation is 2. The first kappa shape index (κ1) is 18.6. The summed E-state index contributed by atoms with van der Waals surface area (Å²) in [5, 5.41) is 3.78. The monoisotopic (exact) mass is 379 g/mol. The van der Waals surface area contributed by atoms with Gasteiger partial charge in [0.1, 0.15) is 11.6 Å². The maximum absolute atomic E-state index is 11.4. The van der Waals surface area contributed by atoms with Crippen LogP contribution in [0.1, 0.15) is 44.1 Å². The summed E-state index contributed by atoms with van der Waals surface area (Å²) in [4.78, 5) is 25.4. The SMILES string of the molecule is CCn1cc(-c2cc(C)nc(C3CCC3OC)n2)c2cc(NC(C)=O)ncc21. The lowest BCUT2D eigenvalue weighted by Gasteiger charge is -2.34. The van der Waals surface area contributed by atoms with Crippen LogP contribution in [0.25, 0.3) is 22.2 Å². The zero-order chi connectivity index (χ0) is 19.8. The number of nitrogens with zero attached hydrogens (tertiary/aromatic N) is 4. The third kappa shape index (κ3) is 3.26. The van der Waals surface area contributed by atoms with Gasteiger partial charge in [0.25, 0.3) is 0 Å². The van der Waals surface area contributed by atoms with E-state index in [1.165, 1.54) is 6.92 Å². The molecular formula is C21H25N5O2. The smallest absolute Gasteiger partial charge is 0.222 e. The number of carbonyl (C=O) groups is 1. The fourth-order valence-electron chi connectivity index (χ4n) is 3.84. The summed E-state index contributed by atoms with van der Waals surface area (Å²) in [7, 11) is 1.75. The molecule has 0 radical (unpaired) electrons. The Morgan fingerprint density at radius 2 is 2.14 bits per heavy atom. The van der Waals surface area contributed by atoms with Crippen LogP contribution in [-0.2, 0) is 16.1 Å². The Morgan fingerprint density at radius 3 is 2.79 bits per heavy atom. The molecule has 3 aromatic heterocycles. The van der Waals surface area contributed by atoms with Crippen molar-refractivity contribution < 1.29 is 9.53 Å². The third-order valence-electron chi connectivity index (χ3n) is 5.41. The van der Waals surface area contributed by atoms with Crippen LogP contribution in [-0.4, -0.2) is 38.6 Å². The van der Waals surface area contributed by atoms with E-state index in [1.54, 1.807) is 13.3 Å². The van der Waals surface area contributed by atoms with E-state index in [0.29, 0.717) is 5.82 Å². The van der Waals surface area contributed by atoms with Gasteiger partial charge < -0.3 is 14.6 Å². The molecular weight excluding hydrogens is 354 g/mol. The van der Waals surface area contributed by atoms with Crippen molar-refractivity contribution in [3.8, 4) is 11.3 Å². The van der Waals surface area contributed by atoms with Gasteiger partial charge in [0.2, 0.25) is 5.91 Å². The van der Waals surface area contributed by atoms with Crippen molar-refractivity contribution in [2.75, 3.05) is 12.4 Å². The number of ether oxygens (including phenoxy) is 1. The molecule has 1 amide bonds. The van der Waals surface area contributed by atoms with Gasteiger partial charge in [-0.2, -0.15) is 0 Å². The average Bonchev–Trinajstić information content (AvgIpc) is 2.98. The predicted octanol–water partition coefficient (Wildman–Crippen LogP) is 3.67. The Bertz CT molecular complexity index is 1040. The molecule has 2 unspecified atom stereocenters. The Kier molecular flexibility index (Phi) is 4.85. The van der Waals surface area contributed by atoms with Gasteiger partial charge in [-0.15, -0.1) is 0 Å². The van der Waals surface area contributed by atoms with Crippen LogP contribution in [0.3, 0.4) is 0 Å². The number of anilines is 1. The maximum Gasteiger partial charge on any atom is 0.222 e. The second-order valence-electron chi connectivity index (χ2n) is 7.31. The van der Waals surface area contributed by atoms with Gasteiger partial charge in [0, 0.05) is 49.3 Å². The van der Waals surface area contributed by atoms with Crippen LogP contribution >= 0.6 is 0 Å². The van der Waals surface area contributed by atoms with Gasteiger partial charge in [-0.3, -0.25) is 4.79 Å². The number of pyridine rings is 1. The van der Waals surface area contributed by atoms with E-state index in [-0.39, 0.29) is 17.9 Å². The Morgan fingerprint density at radius 1 is 1.32 bits per heavy atom. The predicted molar refractivity (Wildman–Crippen MR) is 108 cm³/mol. The summed E-state index contributed by atoms with van der Waals surface area (Å²) in [6, 6.07) is 3.92. The lowest BCUT2D eigenvalue weighted by Crippen LogP contribution is -2.32. The molecule has 3 heterocycles. The molecule has 1 aliphatic rings. The van der Waals surface area contributed by atoms with Crippen LogP contribution in [0, 0.1) is 6.92 Å². The quantitative estimate of drug-likeness (QED) is 0.731. The van der Waals surface area contributed by atoms with E-state index in [4.69, 9.17) is 9.72 Å². The van der Waals surface area contributed by atoms with Crippen molar-refractivity contribution in [2.24, 2.45) is 0 Å². The molecule has 1 saturated carbocycles. The molecule has 1 fully saturated rings. The van der Waals surface area contributed by atoms with Crippen molar-refractivity contribution >= 4 is 22.6 Å². The Hall–Kier alpha value is -2.80. The average molecular weight is 379 g/mol. The minimum Gasteiger partial charge on any atom is -0.381 e. The minimum atomic E-state index is -0.140. The second-order valence-corrected chi connectivity index (χ2v) is 7.31. The number of aromatic nitrogens is 4. The van der Waals surface area contributed by atoms with Crippen LogP contribution < -0.4 is 5.32 Å². The number of hydrogen-bond acceptors (Lipinski definition) is 5. The van der Waals surface area contributed by atoms with Gasteiger partial charge in [-0.05, 0) is 38.8 Å². The molecule has 2 atom stereocenters. The third-order valence-corrected chi connectivity index (χ3v) is 5.41. The lowest BCUT2D eigenvalue weighted by molar-refractivity contribution is -0.114. The maximum atomic E-state index is 11.4. The first-order valence-electron chi connectivity index (χ1n) is 9.65. The Labute approximate surface area is 164 Å². The number of methoxy groups -OCH3 is 1. The highest BCUT2D eigenvalue weighted by molar-refractivity contribution is 5.98. The van der Waals surface area contributed by atoms with Gasteiger partial charge >= 0.3 is 0 Å². The van der Waals surface area contributed by atoms with E-state index in [1.807, 2.05) is 19.1 Å². The number of hydrogen-bond donors (Lipinski definition) is 1. The van der Waals surface area contributed by atoms with Crippen LogP contribution in [0.5, 0.6) is 0 Å². The summed E-state index contributed by atoms with van der Waals surface area (Å²) in [6.45, 7) is 6.40. The van der Waals surface area contributed by atoms with Crippen molar-refractivity contribution in [1.29, 1.82) is 0 Å². The molecule has 0 saturated heterocycles. The molecule has 7 heteroatoms. The van der Waals surface area contributed by atoms with E-state index in [9.17, 15) is 4.79 Å². The second kappa shape index (κ2) is 7.31. The largest absolute Gasteiger partial charge is 0.381 e. The fourth-order valence-corrected chi connectivity index (χ4v) is 3.84. The fraction of sp³-hybridized carbons (Fsp3) is 0.429. The molecule has 0 aromatic carbocycles. The summed E-state index contributed by atoms with van der Waals surface area (Å²) < 4.78 is 7.70. The van der Waals surface area contributed by atoms with E-state index in [0.717, 1.165) is 53.1 Å². The van der Waals surface area contributed by atoms with E-state index < -0.39 is 0 Å². The molecule has 3 aromatic rings. The standard InChI is InChI=1S/C21H25N5O2/c1-5-26-11-16(15-9-20(24-13(3)27)22-10-18(15)26)17-8-12(2)23-21(25-17)14-6-7-19(14)28-4/h8-11,14,19H,5-7H2,1-4H3,(H,22,24,27). The topological polar surface area (TPSA) is 81.9 Å². The summed E-state index contributed by atoms with van der Waals surface area (Å²) in [5.74, 6) is 1.50. The Balaban J connectivity index is 1.84. The molecule has 28 heavy (non-hydrogen) atoms. The molecule has 0 aliphatic heterocycles. The summed E-state index contributed by atoms with van der Waals surface area (Å²) in [5.41, 5.74) is 3.87. The van der Waals surface area contributed by atoms with Crippen LogP contribution in [0.15, 0.2) is 24.5 Å². The normalized spacial score (nSPS) is 18.9. The summed E-state index contributed by atoms with van der Waals surface area (Å²) >= 11 is 0. The molecule has 1 N–H and O–H groups in total. The van der Waals surface area contributed by atoms with Gasteiger partial charge in [-0.25, -0.2) is 15.0 Å². The van der Waals surface area contributed by atoms with Gasteiger partial charge in [0.15, 0.2) is 0 Å². The number of nitrogens with one attached hydrogen (secondary N) is 1. The lowest BCUT2D eigenvalue weighted by atomic mass is 9.81. The van der Waals surface area contributed by atoms with Crippen molar-refractivity contribution in [3.63, 3.8) is 0 Å². The highest BCUT2D eigenvalue weighted by atomic mass is 16.5. The highest BCUT2D eigenvalue weighted by Gasteiger charge is 2.34. The van der Waals surface area contributed by atoms with Crippen molar-refractivity contribution in [1.82, 2.24) is 19.5 Å². The summed E-state index contributed by atoms with van der Waals surface area (Å²) in [6.07, 6.45) is 6.20. The van der Waals surface area contributed by atoms with Crippen LogP contribution in [0.2, 0.25) is 0 Å². The number of rotatable bonds is 5. The first-order valence-corrected chi connectivity index (χ1v) is 9.65. The van der Waals surface area contributed by atoms with Gasteiger partial charge in [-0.1, -0.05) is 0 Å². The zero-order valence-corrected chi connectivity index (χ0v) is 16.7. The van der Waals surface area contributed by atoms with Crippen LogP contribution in [0.4, 0.5) is 5.82 Å². The minimum absolute atomic E-state index is 0.140. The molecule has 146 valence electrons. The van der Waals surface area contributed by atoms with E-state index in [2.05, 4.69) is 33.0 Å². The number of amides is 1. The van der Waals surface area contributed by atoms with Crippen molar-refractivity contribution in [2.45, 2.75) is 52.2 Å². The van der Waals surface area contributed by atoms with Crippen molar-refractivity contribution in [3.05, 3.63) is 36.0 Å². The highest BCUT2D eigenvalue weighted by Crippen LogP contribution is 2.38.